The largest absolute Gasteiger partial charge is 0.359 e. The third kappa shape index (κ3) is 3.63. The van der Waals surface area contributed by atoms with E-state index >= 15 is 0 Å². The lowest BCUT2D eigenvalue weighted by Gasteiger charge is -2.20. The van der Waals surface area contributed by atoms with Crippen molar-refractivity contribution >= 4 is 17.4 Å². The quantitative estimate of drug-likeness (QED) is 0.562. The number of halogens is 2. The van der Waals surface area contributed by atoms with E-state index in [1.807, 2.05) is 11.9 Å². The number of alkyl halides is 1. The van der Waals surface area contributed by atoms with Gasteiger partial charge in [0.15, 0.2) is 0 Å². The first-order chi connectivity index (χ1) is 7.69. The van der Waals surface area contributed by atoms with Crippen molar-refractivity contribution in [1.29, 1.82) is 0 Å². The van der Waals surface area contributed by atoms with Crippen molar-refractivity contribution in [3.05, 3.63) is 23.6 Å². The van der Waals surface area contributed by atoms with E-state index in [1.165, 1.54) is 25.1 Å². The monoisotopic (exact) mass is 244 g/mol. The van der Waals surface area contributed by atoms with Crippen LogP contribution in [0.4, 0.5) is 10.2 Å². The first kappa shape index (κ1) is 13.2. The third-order valence-electron chi connectivity index (χ3n) is 2.51. The van der Waals surface area contributed by atoms with Gasteiger partial charge < -0.3 is 4.90 Å². The van der Waals surface area contributed by atoms with Crippen molar-refractivity contribution in [2.24, 2.45) is 0 Å². The smallest absolute Gasteiger partial charge is 0.141 e. The van der Waals surface area contributed by atoms with E-state index in [1.54, 1.807) is 0 Å². The molecule has 0 saturated heterocycles. The maximum absolute atomic E-state index is 13.0. The molecule has 1 heterocycles. The van der Waals surface area contributed by atoms with Gasteiger partial charge in [-0.05, 0) is 12.5 Å². The van der Waals surface area contributed by atoms with Gasteiger partial charge in [-0.3, -0.25) is 0 Å². The molecule has 0 aromatic carbocycles. The zero-order valence-corrected chi connectivity index (χ0v) is 10.6. The normalized spacial score (nSPS) is 10.5. The van der Waals surface area contributed by atoms with Crippen LogP contribution in [-0.4, -0.2) is 18.6 Å². The van der Waals surface area contributed by atoms with Crippen LogP contribution >= 0.6 is 11.6 Å². The summed E-state index contributed by atoms with van der Waals surface area (Å²) in [4.78, 5) is 6.13. The Balaban J connectivity index is 2.70. The number of pyridine rings is 1. The molecule has 90 valence electrons. The molecule has 0 atom stereocenters. The highest BCUT2D eigenvalue weighted by molar-refractivity contribution is 6.17. The molecule has 4 heteroatoms. The molecule has 0 bridgehead atoms. The second-order valence-electron chi connectivity index (χ2n) is 3.90. The summed E-state index contributed by atoms with van der Waals surface area (Å²) in [6.07, 6.45) is 4.74. The molecule has 0 aliphatic rings. The standard InChI is InChI=1S/C12H18ClFN2/c1-3-4-5-6-16(2)12-10(8-13)7-11(14)9-15-12/h7,9H,3-6,8H2,1-2H3. The molecule has 1 rings (SSSR count). The number of nitrogens with zero attached hydrogens (tertiary/aromatic N) is 2. The van der Waals surface area contributed by atoms with Crippen molar-refractivity contribution in [1.82, 2.24) is 4.98 Å². The summed E-state index contributed by atoms with van der Waals surface area (Å²) in [7, 11) is 1.96. The van der Waals surface area contributed by atoms with Crippen molar-refractivity contribution in [2.45, 2.75) is 32.1 Å². The average molecular weight is 245 g/mol. The number of hydrogen-bond donors (Lipinski definition) is 0. The Labute approximate surface area is 101 Å². The van der Waals surface area contributed by atoms with Crippen LogP contribution < -0.4 is 4.90 Å². The van der Waals surface area contributed by atoms with Crippen molar-refractivity contribution in [3.8, 4) is 0 Å². The minimum atomic E-state index is -0.332. The highest BCUT2D eigenvalue weighted by Crippen LogP contribution is 2.19. The summed E-state index contributed by atoms with van der Waals surface area (Å²) in [5.74, 6) is 0.743. The van der Waals surface area contributed by atoms with Crippen molar-refractivity contribution < 1.29 is 4.39 Å². The molecule has 0 aliphatic heterocycles. The number of anilines is 1. The SMILES string of the molecule is CCCCCN(C)c1ncc(F)cc1CCl. The molecule has 0 saturated carbocycles. The Morgan fingerprint density at radius 2 is 2.19 bits per heavy atom. The molecule has 0 unspecified atom stereocenters. The van der Waals surface area contributed by atoms with Gasteiger partial charge in [0.25, 0.3) is 0 Å². The van der Waals surface area contributed by atoms with E-state index < -0.39 is 0 Å². The third-order valence-corrected chi connectivity index (χ3v) is 2.80. The maximum atomic E-state index is 13.0. The Bertz CT molecular complexity index is 331. The van der Waals surface area contributed by atoms with E-state index in [4.69, 9.17) is 11.6 Å². The summed E-state index contributed by atoms with van der Waals surface area (Å²) in [6.45, 7) is 3.09. The van der Waals surface area contributed by atoms with Crippen LogP contribution in [0.2, 0.25) is 0 Å². The second kappa shape index (κ2) is 6.69. The van der Waals surface area contributed by atoms with Gasteiger partial charge in [-0.2, -0.15) is 0 Å². The summed E-state index contributed by atoms with van der Waals surface area (Å²) in [6, 6.07) is 1.45. The summed E-state index contributed by atoms with van der Waals surface area (Å²) < 4.78 is 13.0. The molecule has 0 aliphatic carbocycles. The van der Waals surface area contributed by atoms with Crippen LogP contribution in [0.15, 0.2) is 12.3 Å². The van der Waals surface area contributed by atoms with Crippen molar-refractivity contribution in [2.75, 3.05) is 18.5 Å². The summed E-state index contributed by atoms with van der Waals surface area (Å²) in [5, 5.41) is 0. The van der Waals surface area contributed by atoms with E-state index in [0.717, 1.165) is 24.3 Å². The van der Waals surface area contributed by atoms with Crippen LogP contribution in [-0.2, 0) is 5.88 Å². The average Bonchev–Trinajstić information content (AvgIpc) is 2.29. The Morgan fingerprint density at radius 3 is 2.81 bits per heavy atom. The van der Waals surface area contributed by atoms with Gasteiger partial charge in [0.1, 0.15) is 11.6 Å². The molecule has 0 amide bonds. The molecular formula is C12H18ClFN2. The Kier molecular flexibility index (Phi) is 5.53. The Hall–Kier alpha value is -0.830. The van der Waals surface area contributed by atoms with Crippen LogP contribution in [0.1, 0.15) is 31.7 Å². The molecule has 0 fully saturated rings. The predicted octanol–water partition coefficient (Wildman–Crippen LogP) is 3.59. The fraction of sp³-hybridized carbons (Fsp3) is 0.583. The van der Waals surface area contributed by atoms with Crippen LogP contribution in [0.25, 0.3) is 0 Å². The zero-order valence-electron chi connectivity index (χ0n) is 9.84. The van der Waals surface area contributed by atoms with E-state index in [0.29, 0.717) is 0 Å². The van der Waals surface area contributed by atoms with Crippen LogP contribution in [0.5, 0.6) is 0 Å². The lowest BCUT2D eigenvalue weighted by molar-refractivity contribution is 0.618. The van der Waals surface area contributed by atoms with Gasteiger partial charge >= 0.3 is 0 Å². The second-order valence-corrected chi connectivity index (χ2v) is 4.17. The molecule has 0 spiro atoms. The predicted molar refractivity (Wildman–Crippen MR) is 66.5 cm³/mol. The van der Waals surface area contributed by atoms with E-state index in [9.17, 15) is 4.39 Å². The van der Waals surface area contributed by atoms with Gasteiger partial charge in [-0.15, -0.1) is 11.6 Å². The molecule has 16 heavy (non-hydrogen) atoms. The lowest BCUT2D eigenvalue weighted by Crippen LogP contribution is -2.21. The van der Waals surface area contributed by atoms with Gasteiger partial charge in [0.2, 0.25) is 0 Å². The van der Waals surface area contributed by atoms with E-state index in [2.05, 4.69) is 11.9 Å². The molecule has 1 aromatic heterocycles. The van der Waals surface area contributed by atoms with Crippen LogP contribution in [0, 0.1) is 5.82 Å². The first-order valence-corrected chi connectivity index (χ1v) is 6.14. The van der Waals surface area contributed by atoms with Crippen LogP contribution in [0.3, 0.4) is 0 Å². The fourth-order valence-corrected chi connectivity index (χ4v) is 1.82. The summed E-state index contributed by atoms with van der Waals surface area (Å²) in [5.41, 5.74) is 0.751. The molecule has 1 aromatic rings. The topological polar surface area (TPSA) is 16.1 Å². The first-order valence-electron chi connectivity index (χ1n) is 5.60. The minimum Gasteiger partial charge on any atom is -0.359 e. The van der Waals surface area contributed by atoms with Gasteiger partial charge in [-0.1, -0.05) is 19.8 Å². The molecule has 0 N–H and O–H groups in total. The highest BCUT2D eigenvalue weighted by Gasteiger charge is 2.09. The lowest BCUT2D eigenvalue weighted by atomic mass is 10.2. The van der Waals surface area contributed by atoms with Crippen molar-refractivity contribution in [3.63, 3.8) is 0 Å². The zero-order chi connectivity index (χ0) is 12.0. The molecular weight excluding hydrogens is 227 g/mol. The van der Waals surface area contributed by atoms with Gasteiger partial charge in [0, 0.05) is 19.2 Å². The minimum absolute atomic E-state index is 0.290. The maximum Gasteiger partial charge on any atom is 0.141 e. The van der Waals surface area contributed by atoms with Gasteiger partial charge in [-0.25, -0.2) is 9.37 Å². The van der Waals surface area contributed by atoms with Gasteiger partial charge in [0.05, 0.1) is 12.1 Å². The summed E-state index contributed by atoms with van der Waals surface area (Å²) >= 11 is 5.78. The molecule has 2 nitrogen and oxygen atoms in total. The number of unbranched alkanes of at least 4 members (excludes halogenated alkanes) is 2. The highest BCUT2D eigenvalue weighted by atomic mass is 35.5. The number of rotatable bonds is 6. The molecule has 0 radical (unpaired) electrons. The fourth-order valence-electron chi connectivity index (χ4n) is 1.62. The number of hydrogen-bond acceptors (Lipinski definition) is 2. The Morgan fingerprint density at radius 1 is 1.44 bits per heavy atom. The van der Waals surface area contributed by atoms with E-state index in [-0.39, 0.29) is 11.7 Å². The number of aromatic nitrogens is 1.